The van der Waals surface area contributed by atoms with Crippen LogP contribution in [-0.4, -0.2) is 46.3 Å². The lowest BCUT2D eigenvalue weighted by atomic mass is 10.0. The molecule has 2 amide bonds. The van der Waals surface area contributed by atoms with E-state index in [4.69, 9.17) is 4.74 Å². The number of nitrogens with zero attached hydrogens (tertiary/aromatic N) is 5. The molecule has 0 saturated carbocycles. The molecule has 1 aliphatic heterocycles. The second-order valence-corrected chi connectivity index (χ2v) is 7.38. The Morgan fingerprint density at radius 1 is 1.29 bits per heavy atom. The second-order valence-electron chi connectivity index (χ2n) is 7.38. The quantitative estimate of drug-likeness (QED) is 0.603. The van der Waals surface area contributed by atoms with Crippen molar-refractivity contribution >= 4 is 17.7 Å². The van der Waals surface area contributed by atoms with Crippen molar-refractivity contribution < 1.29 is 23.4 Å². The van der Waals surface area contributed by atoms with Crippen LogP contribution in [0, 0.1) is 5.82 Å². The Kier molecular flexibility index (Phi) is 5.61. The summed E-state index contributed by atoms with van der Waals surface area (Å²) in [5.74, 6) is -0.641. The minimum absolute atomic E-state index is 0.203. The Labute approximate surface area is 178 Å². The van der Waals surface area contributed by atoms with E-state index in [1.807, 2.05) is 24.3 Å². The van der Waals surface area contributed by atoms with Gasteiger partial charge in [-0.1, -0.05) is 28.9 Å². The van der Waals surface area contributed by atoms with Crippen LogP contribution in [0.4, 0.5) is 14.9 Å². The lowest BCUT2D eigenvalue weighted by Gasteiger charge is -2.14. The number of hydrogen-bond donors (Lipinski definition) is 1. The van der Waals surface area contributed by atoms with Crippen molar-refractivity contribution in [2.24, 2.45) is 7.05 Å². The van der Waals surface area contributed by atoms with Crippen molar-refractivity contribution in [3.63, 3.8) is 0 Å². The Morgan fingerprint density at radius 2 is 2.06 bits per heavy atom. The molecule has 1 fully saturated rings. The van der Waals surface area contributed by atoms with Gasteiger partial charge in [-0.3, -0.25) is 9.69 Å². The van der Waals surface area contributed by atoms with Crippen LogP contribution < -0.4 is 14.9 Å². The van der Waals surface area contributed by atoms with E-state index in [2.05, 4.69) is 15.7 Å². The molecule has 1 aromatic heterocycles. The molecule has 3 aromatic rings. The number of nitrogens with one attached hydrogen (secondary N) is 1. The van der Waals surface area contributed by atoms with Crippen LogP contribution in [-0.2, 0) is 23.1 Å². The number of halogens is 1. The summed E-state index contributed by atoms with van der Waals surface area (Å²) in [6.45, 7) is 2.42. The zero-order chi connectivity index (χ0) is 22.0. The zero-order valence-electron chi connectivity index (χ0n) is 17.2. The first-order chi connectivity index (χ1) is 14.9. The second kappa shape index (κ2) is 8.50. The number of aryl methyl sites for hydroxylation is 1. The van der Waals surface area contributed by atoms with Gasteiger partial charge < -0.3 is 10.1 Å². The molecule has 1 N–H and O–H groups in total. The van der Waals surface area contributed by atoms with E-state index in [0.717, 1.165) is 11.1 Å². The summed E-state index contributed by atoms with van der Waals surface area (Å²) in [6, 6.07) is 12.2. The molecule has 160 valence electrons. The molecule has 0 radical (unpaired) electrons. The number of amides is 2. The molecule has 1 saturated heterocycles. The molecule has 2 aromatic carbocycles. The summed E-state index contributed by atoms with van der Waals surface area (Å²) in [6.07, 6.45) is 0.739. The molecule has 0 spiro atoms. The number of tetrazole rings is 1. The van der Waals surface area contributed by atoms with Crippen molar-refractivity contribution in [2.45, 2.75) is 19.6 Å². The van der Waals surface area contributed by atoms with E-state index < -0.39 is 18.0 Å². The summed E-state index contributed by atoms with van der Waals surface area (Å²) >= 11 is 0. The molecular formula is C21H22FN6O3+. The van der Waals surface area contributed by atoms with Gasteiger partial charge in [0.1, 0.15) is 23.7 Å². The molecule has 2 heterocycles. The van der Waals surface area contributed by atoms with Crippen LogP contribution in [0.5, 0.6) is 0 Å². The SMILES string of the molecule is CC(=O)NC[C@H]1CN(c2ccc(-c3ccc(Cn4c[n+](C)nn4)cc3)c(F)c2)C(=O)O1. The van der Waals surface area contributed by atoms with Gasteiger partial charge in [0.05, 0.1) is 25.8 Å². The highest BCUT2D eigenvalue weighted by molar-refractivity contribution is 5.90. The fraction of sp³-hybridized carbons (Fsp3) is 0.286. The first-order valence-corrected chi connectivity index (χ1v) is 9.76. The van der Waals surface area contributed by atoms with Gasteiger partial charge >= 0.3 is 6.09 Å². The maximum atomic E-state index is 14.9. The molecule has 4 rings (SSSR count). The summed E-state index contributed by atoms with van der Waals surface area (Å²) in [7, 11) is 1.80. The number of carbonyl (C=O) groups excluding carboxylic acids is 2. The molecular weight excluding hydrogens is 403 g/mol. The number of ether oxygens (including phenoxy) is 1. The van der Waals surface area contributed by atoms with Gasteiger partial charge in [-0.25, -0.2) is 9.18 Å². The highest BCUT2D eigenvalue weighted by Crippen LogP contribution is 2.29. The first kappa shape index (κ1) is 20.5. The standard InChI is InChI=1S/C21H21FN6O3/c1-14(29)23-10-18-12-28(21(30)31-18)17-7-8-19(20(22)9-17)16-5-3-15(4-6-16)11-27-13-26(2)24-25-27/h3-9,13,18H,10-12H2,1-2H3/p+1/t18-/m0/s1. The van der Waals surface area contributed by atoms with E-state index in [1.165, 1.54) is 17.9 Å². The van der Waals surface area contributed by atoms with Crippen molar-refractivity contribution in [3.8, 4) is 11.1 Å². The van der Waals surface area contributed by atoms with Gasteiger partial charge in [0.2, 0.25) is 12.2 Å². The van der Waals surface area contributed by atoms with E-state index in [9.17, 15) is 14.0 Å². The summed E-state index contributed by atoms with van der Waals surface area (Å²) in [5, 5.41) is 10.5. The van der Waals surface area contributed by atoms with Gasteiger partial charge in [0, 0.05) is 12.5 Å². The maximum Gasteiger partial charge on any atom is 0.414 e. The Bertz CT molecular complexity index is 1110. The number of hydrogen-bond acceptors (Lipinski definition) is 5. The fourth-order valence-electron chi connectivity index (χ4n) is 3.41. The zero-order valence-corrected chi connectivity index (χ0v) is 17.2. The van der Waals surface area contributed by atoms with Crippen molar-refractivity contribution in [2.75, 3.05) is 18.0 Å². The molecule has 0 bridgehead atoms. The normalized spacial score (nSPS) is 15.8. The molecule has 9 nitrogen and oxygen atoms in total. The van der Waals surface area contributed by atoms with Crippen LogP contribution in [0.2, 0.25) is 0 Å². The smallest absolute Gasteiger partial charge is 0.414 e. The topological polar surface area (TPSA) is 93.2 Å². The molecule has 1 aliphatic rings. The monoisotopic (exact) mass is 425 g/mol. The average molecular weight is 425 g/mol. The van der Waals surface area contributed by atoms with E-state index >= 15 is 0 Å². The lowest BCUT2D eigenvalue weighted by molar-refractivity contribution is -0.731. The summed E-state index contributed by atoms with van der Waals surface area (Å²) in [4.78, 5) is 24.5. The number of cyclic esters (lactones) is 1. The third kappa shape index (κ3) is 4.68. The molecule has 0 unspecified atom stereocenters. The summed E-state index contributed by atoms with van der Waals surface area (Å²) in [5.41, 5.74) is 2.58. The minimum Gasteiger partial charge on any atom is -0.442 e. The molecule has 10 heteroatoms. The van der Waals surface area contributed by atoms with Crippen LogP contribution in [0.3, 0.4) is 0 Å². The molecule has 31 heavy (non-hydrogen) atoms. The molecule has 1 atom stereocenters. The van der Waals surface area contributed by atoms with Crippen LogP contribution in [0.15, 0.2) is 48.8 Å². The number of anilines is 1. The van der Waals surface area contributed by atoms with E-state index in [-0.39, 0.29) is 19.0 Å². The van der Waals surface area contributed by atoms with Gasteiger partial charge in [-0.05, 0) is 29.3 Å². The Balaban J connectivity index is 1.46. The number of aromatic nitrogens is 4. The minimum atomic E-state index is -0.562. The number of benzene rings is 2. The maximum absolute atomic E-state index is 14.9. The Morgan fingerprint density at radius 3 is 2.71 bits per heavy atom. The van der Waals surface area contributed by atoms with E-state index in [0.29, 0.717) is 17.8 Å². The molecule has 0 aliphatic carbocycles. The number of carbonyl (C=O) groups is 2. The largest absolute Gasteiger partial charge is 0.442 e. The average Bonchev–Trinajstić information content (AvgIpc) is 3.32. The predicted molar refractivity (Wildman–Crippen MR) is 108 cm³/mol. The van der Waals surface area contributed by atoms with Crippen molar-refractivity contribution in [1.82, 2.24) is 20.4 Å². The third-order valence-electron chi connectivity index (χ3n) is 4.92. The highest BCUT2D eigenvalue weighted by atomic mass is 19.1. The van der Waals surface area contributed by atoms with Gasteiger partial charge in [-0.15, -0.1) is 4.68 Å². The summed E-state index contributed by atoms with van der Waals surface area (Å²) < 4.78 is 23.4. The van der Waals surface area contributed by atoms with Gasteiger partial charge in [0.15, 0.2) is 5.21 Å². The fourth-order valence-corrected chi connectivity index (χ4v) is 3.41. The van der Waals surface area contributed by atoms with Gasteiger partial charge in [0.25, 0.3) is 0 Å². The third-order valence-corrected chi connectivity index (χ3v) is 4.92. The van der Waals surface area contributed by atoms with Crippen LogP contribution >= 0.6 is 0 Å². The van der Waals surface area contributed by atoms with Gasteiger partial charge in [-0.2, -0.15) is 0 Å². The van der Waals surface area contributed by atoms with E-state index in [1.54, 1.807) is 34.9 Å². The van der Waals surface area contributed by atoms with Crippen LogP contribution in [0.1, 0.15) is 12.5 Å². The Hall–Kier alpha value is -3.82. The van der Waals surface area contributed by atoms with Crippen molar-refractivity contribution in [3.05, 3.63) is 60.2 Å². The predicted octanol–water partition coefficient (Wildman–Crippen LogP) is 1.42. The first-order valence-electron chi connectivity index (χ1n) is 9.76. The highest BCUT2D eigenvalue weighted by Gasteiger charge is 2.32. The van der Waals surface area contributed by atoms with Crippen LogP contribution in [0.25, 0.3) is 11.1 Å². The lowest BCUT2D eigenvalue weighted by Crippen LogP contribution is -2.33. The number of rotatable bonds is 6. The van der Waals surface area contributed by atoms with Crippen molar-refractivity contribution in [1.29, 1.82) is 0 Å².